The van der Waals surface area contributed by atoms with Gasteiger partial charge >= 0.3 is 12.0 Å². The van der Waals surface area contributed by atoms with Gasteiger partial charge in [-0.1, -0.05) is 6.07 Å². The number of esters is 1. The zero-order chi connectivity index (χ0) is 13.5. The number of aromatic hydroxyl groups is 1. The Morgan fingerprint density at radius 3 is 2.67 bits per heavy atom. The first kappa shape index (κ1) is 13.5. The molecular weight excluding hydrogens is 240 g/mol. The summed E-state index contributed by atoms with van der Waals surface area (Å²) in [6, 6.07) is 4.82. The van der Waals surface area contributed by atoms with Crippen molar-refractivity contribution in [2.75, 3.05) is 13.7 Å². The van der Waals surface area contributed by atoms with E-state index in [1.54, 1.807) is 0 Å². The molecule has 0 fully saturated rings. The zero-order valence-corrected chi connectivity index (χ0v) is 9.60. The van der Waals surface area contributed by atoms with E-state index in [4.69, 9.17) is 5.11 Å². The first-order valence-electron chi connectivity index (χ1n) is 5.00. The highest BCUT2D eigenvalue weighted by atomic mass is 16.5. The molecule has 0 bridgehead atoms. The van der Waals surface area contributed by atoms with Crippen molar-refractivity contribution in [3.05, 3.63) is 29.8 Å². The summed E-state index contributed by atoms with van der Waals surface area (Å²) < 4.78 is 4.65. The highest BCUT2D eigenvalue weighted by Gasteiger charge is 2.11. The van der Waals surface area contributed by atoms with Gasteiger partial charge in [-0.05, 0) is 18.2 Å². The number of urea groups is 1. The molecule has 7 heteroatoms. The summed E-state index contributed by atoms with van der Waals surface area (Å²) in [4.78, 5) is 33.3. The van der Waals surface area contributed by atoms with Crippen LogP contribution in [0.3, 0.4) is 0 Å². The number of carbonyl (C=O) groups excluding carboxylic acids is 3. The fraction of sp³-hybridized carbons (Fsp3) is 0.182. The molecule has 0 saturated heterocycles. The Bertz CT molecular complexity index is 472. The molecule has 1 aromatic rings. The van der Waals surface area contributed by atoms with Gasteiger partial charge in [0.15, 0.2) is 6.61 Å². The van der Waals surface area contributed by atoms with Gasteiger partial charge in [-0.3, -0.25) is 10.1 Å². The van der Waals surface area contributed by atoms with Crippen molar-refractivity contribution in [3.63, 3.8) is 0 Å². The maximum atomic E-state index is 11.4. The summed E-state index contributed by atoms with van der Waals surface area (Å²) >= 11 is 0. The molecule has 0 aliphatic rings. The molecule has 3 amide bonds. The van der Waals surface area contributed by atoms with E-state index < -0.39 is 24.5 Å². The molecule has 0 spiro atoms. The smallest absolute Gasteiger partial charge is 0.338 e. The molecule has 0 saturated carbocycles. The summed E-state index contributed by atoms with van der Waals surface area (Å²) in [7, 11) is 1.35. The summed E-state index contributed by atoms with van der Waals surface area (Å²) in [5, 5.41) is 13.3. The number of hydrogen-bond donors (Lipinski definition) is 3. The first-order chi connectivity index (χ1) is 8.52. The second-order valence-electron chi connectivity index (χ2n) is 3.25. The Balaban J connectivity index is 2.46. The first-order valence-corrected chi connectivity index (χ1v) is 5.00. The van der Waals surface area contributed by atoms with Crippen LogP contribution in [-0.2, 0) is 9.53 Å². The second kappa shape index (κ2) is 6.24. The molecule has 96 valence electrons. The summed E-state index contributed by atoms with van der Waals surface area (Å²) in [6.45, 7) is -0.581. The molecule has 18 heavy (non-hydrogen) atoms. The van der Waals surface area contributed by atoms with Gasteiger partial charge in [0.25, 0.3) is 5.91 Å². The molecule has 0 unspecified atom stereocenters. The van der Waals surface area contributed by atoms with Crippen molar-refractivity contribution in [2.24, 2.45) is 0 Å². The van der Waals surface area contributed by atoms with Crippen molar-refractivity contribution in [1.29, 1.82) is 0 Å². The zero-order valence-electron chi connectivity index (χ0n) is 9.60. The highest BCUT2D eigenvalue weighted by molar-refractivity contribution is 5.96. The van der Waals surface area contributed by atoms with Crippen LogP contribution >= 0.6 is 0 Å². The van der Waals surface area contributed by atoms with E-state index in [1.165, 1.54) is 31.3 Å². The monoisotopic (exact) mass is 252 g/mol. The number of phenolic OH excluding ortho intramolecular Hbond substituents is 1. The van der Waals surface area contributed by atoms with Gasteiger partial charge in [-0.25, -0.2) is 9.59 Å². The Hall–Kier alpha value is -2.57. The second-order valence-corrected chi connectivity index (χ2v) is 3.25. The molecule has 3 N–H and O–H groups in total. The van der Waals surface area contributed by atoms with Gasteiger partial charge in [0, 0.05) is 7.05 Å². The van der Waals surface area contributed by atoms with Gasteiger partial charge in [-0.2, -0.15) is 0 Å². The number of nitrogens with one attached hydrogen (secondary N) is 2. The van der Waals surface area contributed by atoms with E-state index in [2.05, 4.69) is 10.1 Å². The van der Waals surface area contributed by atoms with Gasteiger partial charge in [0.2, 0.25) is 0 Å². The van der Waals surface area contributed by atoms with Crippen molar-refractivity contribution in [2.45, 2.75) is 0 Å². The minimum Gasteiger partial charge on any atom is -0.508 e. The van der Waals surface area contributed by atoms with Gasteiger partial charge in [-0.15, -0.1) is 0 Å². The molecule has 7 nitrogen and oxygen atoms in total. The number of amides is 3. The standard InChI is InChI=1S/C11H12N2O5/c1-12-11(17)13-9(15)6-18-10(16)7-3-2-4-8(14)5-7/h2-5,14H,6H2,1H3,(H2,12,13,15,17). The maximum absolute atomic E-state index is 11.4. The number of carbonyl (C=O) groups is 3. The van der Waals surface area contributed by atoms with Crippen molar-refractivity contribution in [1.82, 2.24) is 10.6 Å². The Kier molecular flexibility index (Phi) is 4.67. The van der Waals surface area contributed by atoms with Crippen LogP contribution in [0.5, 0.6) is 5.75 Å². The fourth-order valence-corrected chi connectivity index (χ4v) is 1.07. The summed E-state index contributed by atoms with van der Waals surface area (Å²) in [6.07, 6.45) is 0. The third kappa shape index (κ3) is 4.12. The van der Waals surface area contributed by atoms with Crippen LogP contribution in [-0.4, -0.2) is 36.7 Å². The number of benzene rings is 1. The predicted molar refractivity (Wildman–Crippen MR) is 61.0 cm³/mol. The van der Waals surface area contributed by atoms with Crippen LogP contribution in [0.2, 0.25) is 0 Å². The lowest BCUT2D eigenvalue weighted by Gasteiger charge is -2.05. The van der Waals surface area contributed by atoms with E-state index in [0.717, 1.165) is 0 Å². The largest absolute Gasteiger partial charge is 0.508 e. The quantitative estimate of drug-likeness (QED) is 0.657. The minimum absolute atomic E-state index is 0.0840. The lowest BCUT2D eigenvalue weighted by atomic mass is 10.2. The van der Waals surface area contributed by atoms with Crippen LogP contribution in [0.25, 0.3) is 0 Å². The average Bonchev–Trinajstić information content (AvgIpc) is 2.35. The van der Waals surface area contributed by atoms with Crippen molar-refractivity contribution in [3.8, 4) is 5.75 Å². The SMILES string of the molecule is CNC(=O)NC(=O)COC(=O)c1cccc(O)c1. The molecule has 1 aromatic carbocycles. The van der Waals surface area contributed by atoms with Crippen LogP contribution in [0.4, 0.5) is 4.79 Å². The number of phenols is 1. The molecule has 0 aromatic heterocycles. The molecule has 0 radical (unpaired) electrons. The normalized spacial score (nSPS) is 9.39. The minimum atomic E-state index is -0.766. The van der Waals surface area contributed by atoms with E-state index in [0.29, 0.717) is 0 Å². The van der Waals surface area contributed by atoms with Crippen LogP contribution in [0.15, 0.2) is 24.3 Å². The van der Waals surface area contributed by atoms with Gasteiger partial charge in [0.05, 0.1) is 5.56 Å². The lowest BCUT2D eigenvalue weighted by molar-refractivity contribution is -0.123. The van der Waals surface area contributed by atoms with Crippen LogP contribution in [0.1, 0.15) is 10.4 Å². The molecule has 0 heterocycles. The summed E-state index contributed by atoms with van der Waals surface area (Å²) in [5.74, 6) is -1.60. The molecule has 0 aliphatic carbocycles. The lowest BCUT2D eigenvalue weighted by Crippen LogP contribution is -2.39. The Morgan fingerprint density at radius 2 is 2.06 bits per heavy atom. The molecule has 0 atom stereocenters. The third-order valence-electron chi connectivity index (χ3n) is 1.90. The molecule has 1 rings (SSSR count). The number of hydrogen-bond acceptors (Lipinski definition) is 5. The maximum Gasteiger partial charge on any atom is 0.338 e. The van der Waals surface area contributed by atoms with Gasteiger partial charge in [0.1, 0.15) is 5.75 Å². The van der Waals surface area contributed by atoms with E-state index in [1.807, 2.05) is 5.32 Å². The Labute approximate surface area is 103 Å². The number of rotatable bonds is 3. The van der Waals surface area contributed by atoms with Crippen LogP contribution in [0, 0.1) is 0 Å². The van der Waals surface area contributed by atoms with Gasteiger partial charge < -0.3 is 15.2 Å². The summed E-state index contributed by atoms with van der Waals surface area (Å²) in [5.41, 5.74) is 0.114. The fourth-order valence-electron chi connectivity index (χ4n) is 1.07. The van der Waals surface area contributed by atoms with E-state index in [-0.39, 0.29) is 11.3 Å². The third-order valence-corrected chi connectivity index (χ3v) is 1.90. The van der Waals surface area contributed by atoms with Crippen molar-refractivity contribution < 1.29 is 24.2 Å². The molecule has 0 aliphatic heterocycles. The predicted octanol–water partition coefficient (Wildman–Crippen LogP) is 0.00460. The van der Waals surface area contributed by atoms with E-state index >= 15 is 0 Å². The highest BCUT2D eigenvalue weighted by Crippen LogP contribution is 2.11. The Morgan fingerprint density at radius 1 is 1.33 bits per heavy atom. The number of ether oxygens (including phenoxy) is 1. The number of imide groups is 1. The average molecular weight is 252 g/mol. The van der Waals surface area contributed by atoms with Crippen molar-refractivity contribution >= 4 is 17.9 Å². The van der Waals surface area contributed by atoms with Crippen LogP contribution < -0.4 is 10.6 Å². The molecular formula is C11H12N2O5. The topological polar surface area (TPSA) is 105 Å². The van der Waals surface area contributed by atoms with E-state index in [9.17, 15) is 14.4 Å².